The summed E-state index contributed by atoms with van der Waals surface area (Å²) in [6.45, 7) is 9.90. The lowest BCUT2D eigenvalue weighted by molar-refractivity contribution is -0.127. The Balaban J connectivity index is 0.00000364. The van der Waals surface area contributed by atoms with Crippen molar-refractivity contribution in [3.05, 3.63) is 0 Å². The minimum Gasteiger partial charge on any atom is -0.356 e. The Morgan fingerprint density at radius 3 is 2.37 bits per heavy atom. The fourth-order valence-corrected chi connectivity index (χ4v) is 4.15. The molecule has 0 aromatic carbocycles. The van der Waals surface area contributed by atoms with Crippen LogP contribution < -0.4 is 5.32 Å². The van der Waals surface area contributed by atoms with Crippen LogP contribution in [0.25, 0.3) is 0 Å². The van der Waals surface area contributed by atoms with E-state index in [9.17, 15) is 4.79 Å². The summed E-state index contributed by atoms with van der Waals surface area (Å²) in [5.41, 5.74) is 0. The number of guanidine groups is 1. The van der Waals surface area contributed by atoms with Crippen molar-refractivity contribution in [2.45, 2.75) is 58.4 Å². The van der Waals surface area contributed by atoms with E-state index in [1.807, 2.05) is 0 Å². The van der Waals surface area contributed by atoms with Gasteiger partial charge in [-0.15, -0.1) is 24.0 Å². The van der Waals surface area contributed by atoms with Gasteiger partial charge in [-0.1, -0.05) is 33.1 Å². The van der Waals surface area contributed by atoms with Crippen LogP contribution in [0.5, 0.6) is 0 Å². The summed E-state index contributed by atoms with van der Waals surface area (Å²) in [5.74, 6) is 1.74. The molecule has 6 nitrogen and oxygen atoms in total. The van der Waals surface area contributed by atoms with Crippen molar-refractivity contribution in [3.8, 4) is 0 Å². The second-order valence-corrected chi connectivity index (χ2v) is 7.92. The van der Waals surface area contributed by atoms with E-state index < -0.39 is 0 Å². The first-order chi connectivity index (χ1) is 12.5. The monoisotopic (exact) mass is 493 g/mol. The van der Waals surface area contributed by atoms with Gasteiger partial charge in [-0.3, -0.25) is 9.69 Å². The summed E-state index contributed by atoms with van der Waals surface area (Å²) < 4.78 is 0. The van der Waals surface area contributed by atoms with E-state index in [1.165, 1.54) is 38.5 Å². The van der Waals surface area contributed by atoms with E-state index in [2.05, 4.69) is 34.0 Å². The number of carbonyl (C=O) groups is 1. The average molecular weight is 493 g/mol. The number of rotatable bonds is 7. The van der Waals surface area contributed by atoms with Gasteiger partial charge in [-0.2, -0.15) is 0 Å². The van der Waals surface area contributed by atoms with E-state index in [0.29, 0.717) is 6.04 Å². The fraction of sp³-hybridized carbons (Fsp3) is 0.900. The molecule has 1 amide bonds. The van der Waals surface area contributed by atoms with Crippen molar-refractivity contribution < 1.29 is 4.79 Å². The highest BCUT2D eigenvalue weighted by Crippen LogP contribution is 2.23. The molecule has 0 spiro atoms. The number of hydrogen-bond acceptors (Lipinski definition) is 3. The van der Waals surface area contributed by atoms with Crippen LogP contribution in [-0.4, -0.2) is 86.0 Å². The van der Waals surface area contributed by atoms with Gasteiger partial charge in [-0.05, 0) is 38.3 Å². The first kappa shape index (κ1) is 24.5. The molecule has 2 fully saturated rings. The molecule has 1 saturated carbocycles. The number of halogens is 1. The molecule has 1 unspecified atom stereocenters. The predicted octanol–water partition coefficient (Wildman–Crippen LogP) is 2.63. The van der Waals surface area contributed by atoms with Crippen molar-refractivity contribution in [2.24, 2.45) is 10.9 Å². The highest BCUT2D eigenvalue weighted by atomic mass is 127. The molecule has 1 atom stereocenters. The Hall–Kier alpha value is -0.570. The van der Waals surface area contributed by atoms with Gasteiger partial charge in [0.2, 0.25) is 5.91 Å². The molecule has 158 valence electrons. The third-order valence-corrected chi connectivity index (χ3v) is 5.93. The first-order valence-electron chi connectivity index (χ1n) is 10.5. The van der Waals surface area contributed by atoms with E-state index >= 15 is 0 Å². The topological polar surface area (TPSA) is 51.2 Å². The summed E-state index contributed by atoms with van der Waals surface area (Å²) in [4.78, 5) is 23.2. The van der Waals surface area contributed by atoms with Crippen LogP contribution >= 0.6 is 24.0 Å². The third-order valence-electron chi connectivity index (χ3n) is 5.93. The molecule has 1 aliphatic carbocycles. The summed E-state index contributed by atoms with van der Waals surface area (Å²) in [6.07, 6.45) is 7.90. The molecule has 1 saturated heterocycles. The van der Waals surface area contributed by atoms with Crippen LogP contribution in [0, 0.1) is 5.92 Å². The van der Waals surface area contributed by atoms with Gasteiger partial charge < -0.3 is 15.1 Å². The van der Waals surface area contributed by atoms with Crippen LogP contribution in [0.15, 0.2) is 4.99 Å². The summed E-state index contributed by atoms with van der Waals surface area (Å²) in [7, 11) is 3.58. The van der Waals surface area contributed by atoms with Crippen molar-refractivity contribution in [3.63, 3.8) is 0 Å². The Labute approximate surface area is 183 Å². The van der Waals surface area contributed by atoms with E-state index in [4.69, 9.17) is 0 Å². The summed E-state index contributed by atoms with van der Waals surface area (Å²) in [5, 5.41) is 3.61. The number of carbonyl (C=O) groups excluding carboxylic acids is 1. The predicted molar refractivity (Wildman–Crippen MR) is 124 cm³/mol. The van der Waals surface area contributed by atoms with E-state index in [-0.39, 0.29) is 36.4 Å². The maximum absolute atomic E-state index is 12.0. The van der Waals surface area contributed by atoms with Gasteiger partial charge in [0.1, 0.15) is 6.54 Å². The lowest BCUT2D eigenvalue weighted by atomic mass is 9.89. The number of nitrogens with one attached hydrogen (secondary N) is 1. The lowest BCUT2D eigenvalue weighted by Crippen LogP contribution is -2.45. The fourth-order valence-electron chi connectivity index (χ4n) is 4.15. The van der Waals surface area contributed by atoms with Gasteiger partial charge in [0.15, 0.2) is 5.96 Å². The number of amides is 1. The normalized spacial score (nSPS) is 21.3. The van der Waals surface area contributed by atoms with Crippen LogP contribution in [0.4, 0.5) is 0 Å². The van der Waals surface area contributed by atoms with Crippen LogP contribution in [-0.2, 0) is 4.79 Å². The zero-order valence-electron chi connectivity index (χ0n) is 17.7. The molecule has 0 aromatic heterocycles. The molecule has 27 heavy (non-hydrogen) atoms. The largest absolute Gasteiger partial charge is 0.356 e. The second kappa shape index (κ2) is 12.8. The van der Waals surface area contributed by atoms with Crippen molar-refractivity contribution >= 4 is 35.8 Å². The number of likely N-dealkylation sites (tertiary alicyclic amines) is 1. The molecule has 7 heteroatoms. The molecule has 1 N–H and O–H groups in total. The Bertz CT molecular complexity index is 461. The number of likely N-dealkylation sites (N-methyl/N-ethyl adjacent to an activating group) is 2. The quantitative estimate of drug-likeness (QED) is 0.337. The Kier molecular flexibility index (Phi) is 11.6. The Morgan fingerprint density at radius 2 is 1.78 bits per heavy atom. The molecule has 1 heterocycles. The highest BCUT2D eigenvalue weighted by molar-refractivity contribution is 14.0. The number of nitrogens with zero attached hydrogens (tertiary/aromatic N) is 4. The van der Waals surface area contributed by atoms with Gasteiger partial charge >= 0.3 is 0 Å². The van der Waals surface area contributed by atoms with E-state index in [1.54, 1.807) is 19.0 Å². The van der Waals surface area contributed by atoms with E-state index in [0.717, 1.165) is 44.6 Å². The number of hydrogen-bond donors (Lipinski definition) is 1. The Morgan fingerprint density at radius 1 is 1.11 bits per heavy atom. The second-order valence-electron chi connectivity index (χ2n) is 7.92. The van der Waals surface area contributed by atoms with Crippen LogP contribution in [0.1, 0.15) is 52.4 Å². The maximum Gasteiger partial charge on any atom is 0.243 e. The standard InChI is InChI=1S/C20H39N5O.HI/c1-5-24(6-2)18-12-13-25(16-18)20(22-15-19(26)23(3)4)21-14-17-10-8-7-9-11-17;/h17-18H,5-16H2,1-4H3,(H,21,22);1H. The highest BCUT2D eigenvalue weighted by Gasteiger charge is 2.28. The van der Waals surface area contributed by atoms with Crippen molar-refractivity contribution in [1.29, 1.82) is 0 Å². The lowest BCUT2D eigenvalue weighted by Gasteiger charge is -2.29. The van der Waals surface area contributed by atoms with Crippen LogP contribution in [0.2, 0.25) is 0 Å². The zero-order valence-corrected chi connectivity index (χ0v) is 20.1. The zero-order chi connectivity index (χ0) is 18.9. The summed E-state index contributed by atoms with van der Waals surface area (Å²) >= 11 is 0. The van der Waals surface area contributed by atoms with Gasteiger partial charge in [0, 0.05) is 39.8 Å². The molecule has 0 bridgehead atoms. The maximum atomic E-state index is 12.0. The third kappa shape index (κ3) is 7.75. The minimum absolute atomic E-state index is 0. The summed E-state index contributed by atoms with van der Waals surface area (Å²) in [6, 6.07) is 0.594. The smallest absolute Gasteiger partial charge is 0.243 e. The molecule has 0 radical (unpaired) electrons. The van der Waals surface area contributed by atoms with Crippen molar-refractivity contribution in [2.75, 3.05) is 53.4 Å². The van der Waals surface area contributed by atoms with Crippen molar-refractivity contribution in [1.82, 2.24) is 20.0 Å². The SMILES string of the molecule is CCN(CC)C1CCN(C(=NCC(=O)N(C)C)NCC2CCCCC2)C1.I. The van der Waals surface area contributed by atoms with Crippen LogP contribution in [0.3, 0.4) is 0 Å². The minimum atomic E-state index is 0. The average Bonchev–Trinajstić information content (AvgIpc) is 3.13. The van der Waals surface area contributed by atoms with Gasteiger partial charge in [0.25, 0.3) is 0 Å². The molecule has 1 aliphatic heterocycles. The van der Waals surface area contributed by atoms with Gasteiger partial charge in [-0.25, -0.2) is 4.99 Å². The molecule has 0 aromatic rings. The first-order valence-corrected chi connectivity index (χ1v) is 10.5. The molecular weight excluding hydrogens is 453 g/mol. The number of aliphatic imine (C=N–C) groups is 1. The molecule has 2 aliphatic rings. The molecular formula is C20H40IN5O. The van der Waals surface area contributed by atoms with Gasteiger partial charge in [0.05, 0.1) is 0 Å². The molecule has 2 rings (SSSR count).